The molecule has 0 aliphatic heterocycles. The summed E-state index contributed by atoms with van der Waals surface area (Å²) >= 11 is 0. The van der Waals surface area contributed by atoms with E-state index >= 15 is 0 Å². The van der Waals surface area contributed by atoms with E-state index in [9.17, 15) is 0 Å². The molecule has 2 aromatic carbocycles. The van der Waals surface area contributed by atoms with Gasteiger partial charge >= 0.3 is 18.9 Å². The van der Waals surface area contributed by atoms with Crippen molar-refractivity contribution in [3.8, 4) is 0 Å². The Morgan fingerprint density at radius 2 is 1.22 bits per heavy atom. The van der Waals surface area contributed by atoms with E-state index in [0.29, 0.717) is 5.41 Å². The topological polar surface area (TPSA) is 0 Å². The van der Waals surface area contributed by atoms with E-state index in [0.717, 1.165) is 0 Å². The van der Waals surface area contributed by atoms with E-state index in [2.05, 4.69) is 67.6 Å². The Morgan fingerprint density at radius 1 is 0.833 bits per heavy atom. The third-order valence-corrected chi connectivity index (χ3v) is 4.70. The quantitative estimate of drug-likeness (QED) is 0.529. The van der Waals surface area contributed by atoms with Crippen LogP contribution in [0.3, 0.4) is 0 Å². The van der Waals surface area contributed by atoms with Crippen molar-refractivity contribution in [3.05, 3.63) is 77.7 Å². The van der Waals surface area contributed by atoms with Gasteiger partial charge in [0.1, 0.15) is 0 Å². The predicted octanol–water partition coefficient (Wildman–Crippen LogP) is 0.975. The molecule has 4 rings (SSSR count). The summed E-state index contributed by atoms with van der Waals surface area (Å²) in [6, 6.07) is 21.9. The van der Waals surface area contributed by atoms with Crippen molar-refractivity contribution >= 4 is 0 Å². The molecule has 2 aliphatic rings. The molecule has 0 radical (unpaired) electrons. The molecule has 0 saturated heterocycles. The molecule has 2 aromatic rings. The van der Waals surface area contributed by atoms with Crippen LogP contribution in [0.4, 0.5) is 0 Å². The van der Waals surface area contributed by atoms with E-state index < -0.39 is 0 Å². The van der Waals surface area contributed by atoms with E-state index in [1.807, 2.05) is 0 Å². The Morgan fingerprint density at radius 3 is 1.50 bits per heavy atom. The van der Waals surface area contributed by atoms with E-state index in [-0.39, 0.29) is 24.3 Å². The van der Waals surface area contributed by atoms with Crippen molar-refractivity contribution in [1.29, 1.82) is 0 Å². The largest absolute Gasteiger partial charge is 1.00 e. The van der Waals surface area contributed by atoms with Crippen LogP contribution in [-0.4, -0.2) is 0 Å². The molecular formula is C17H15Li. The first-order chi connectivity index (χ1) is 8.30. The number of hydrogen-bond donors (Lipinski definition) is 0. The van der Waals surface area contributed by atoms with Crippen molar-refractivity contribution < 1.29 is 18.9 Å². The molecule has 2 aliphatic carbocycles. The molecule has 0 nitrogen and oxygen atoms in total. The van der Waals surface area contributed by atoms with Crippen molar-refractivity contribution in [3.63, 3.8) is 0 Å². The Bertz CT molecular complexity index is 521. The van der Waals surface area contributed by atoms with Crippen molar-refractivity contribution in [2.45, 2.75) is 18.8 Å². The third kappa shape index (κ3) is 1.23. The molecule has 0 amide bonds. The zero-order valence-corrected chi connectivity index (χ0v) is 11.0. The first kappa shape index (κ1) is 12.1. The fraction of sp³-hybridized carbons (Fsp3) is 0.235. The summed E-state index contributed by atoms with van der Waals surface area (Å²) in [5, 5.41) is 0. The first-order valence-electron chi connectivity index (χ1n) is 6.28. The molecule has 1 unspecified atom stereocenters. The summed E-state index contributed by atoms with van der Waals surface area (Å²) in [6.45, 7) is 2.41. The van der Waals surface area contributed by atoms with Gasteiger partial charge in [-0.05, 0) is 0 Å². The molecule has 84 valence electrons. The molecular weight excluding hydrogens is 211 g/mol. The maximum atomic E-state index is 2.41. The molecule has 1 atom stereocenters. The molecule has 18 heavy (non-hydrogen) atoms. The van der Waals surface area contributed by atoms with Gasteiger partial charge in [0, 0.05) is 0 Å². The van der Waals surface area contributed by atoms with Crippen LogP contribution in [0.2, 0.25) is 0 Å². The Labute approximate surface area is 121 Å². The van der Waals surface area contributed by atoms with Crippen LogP contribution >= 0.6 is 0 Å². The van der Waals surface area contributed by atoms with Gasteiger partial charge in [0.2, 0.25) is 0 Å². The van der Waals surface area contributed by atoms with Gasteiger partial charge < -0.3 is 5.92 Å². The van der Waals surface area contributed by atoms with E-state index in [4.69, 9.17) is 0 Å². The van der Waals surface area contributed by atoms with Crippen LogP contribution in [0.25, 0.3) is 0 Å². The van der Waals surface area contributed by atoms with Gasteiger partial charge in [-0.25, -0.2) is 0 Å². The average Bonchev–Trinajstić information content (AvgIpc) is 3.20. The smallest absolute Gasteiger partial charge is 0.301 e. The molecule has 0 N–H and O–H groups in total. The minimum Gasteiger partial charge on any atom is -0.301 e. The van der Waals surface area contributed by atoms with Crippen LogP contribution in [0.15, 0.2) is 60.7 Å². The van der Waals surface area contributed by atoms with Crippen LogP contribution in [0, 0.1) is 11.3 Å². The summed E-state index contributed by atoms with van der Waals surface area (Å²) in [5.74, 6) is 1.72. The maximum absolute atomic E-state index is 2.41. The molecule has 2 saturated carbocycles. The van der Waals surface area contributed by atoms with Crippen molar-refractivity contribution in [2.24, 2.45) is 5.41 Å². The molecule has 1 heteroatoms. The Balaban J connectivity index is 0.000001000. The second kappa shape index (κ2) is 3.76. The molecule has 0 bridgehead atoms. The monoisotopic (exact) mass is 226 g/mol. The minimum atomic E-state index is 0. The number of fused-ring (bicyclic) bond motifs is 1. The Hall–Kier alpha value is -0.963. The molecule has 0 spiro atoms. The SMILES string of the molecule is CC12C[C-]1C2(c1ccccc1)c1ccccc1.[Li+]. The molecule has 2 fully saturated rings. The summed E-state index contributed by atoms with van der Waals surface area (Å²) in [5.41, 5.74) is 3.63. The van der Waals surface area contributed by atoms with Gasteiger partial charge in [-0.1, -0.05) is 78.7 Å². The zero-order valence-electron chi connectivity index (χ0n) is 11.0. The normalized spacial score (nSPS) is 26.9. The summed E-state index contributed by atoms with van der Waals surface area (Å²) in [7, 11) is 0. The number of hydrogen-bond acceptors (Lipinski definition) is 0. The van der Waals surface area contributed by atoms with Gasteiger partial charge in [0.05, 0.1) is 0 Å². The van der Waals surface area contributed by atoms with E-state index in [1.165, 1.54) is 17.5 Å². The summed E-state index contributed by atoms with van der Waals surface area (Å²) < 4.78 is 0. The first-order valence-corrected chi connectivity index (χ1v) is 6.28. The minimum absolute atomic E-state index is 0. The summed E-state index contributed by atoms with van der Waals surface area (Å²) in [4.78, 5) is 0. The second-order valence-electron chi connectivity index (χ2n) is 5.47. The van der Waals surface area contributed by atoms with Crippen LogP contribution in [-0.2, 0) is 5.41 Å². The van der Waals surface area contributed by atoms with Crippen LogP contribution < -0.4 is 18.9 Å². The van der Waals surface area contributed by atoms with Gasteiger partial charge in [-0.2, -0.15) is 11.8 Å². The number of rotatable bonds is 2. The fourth-order valence-corrected chi connectivity index (χ4v) is 3.66. The maximum Gasteiger partial charge on any atom is 1.00 e. The summed E-state index contributed by atoms with van der Waals surface area (Å²) in [6.07, 6.45) is 1.32. The fourth-order valence-electron chi connectivity index (χ4n) is 3.66. The zero-order chi connectivity index (χ0) is 11.5. The van der Waals surface area contributed by atoms with Gasteiger partial charge in [0.25, 0.3) is 0 Å². The standard InChI is InChI=1S/C17H15.Li/c1-16-12-15(16)17(16,13-8-4-2-5-9-13)14-10-6-3-7-11-14;/h2-11H,12H2,1H3;/q-1;+1. The second-order valence-corrected chi connectivity index (χ2v) is 5.47. The van der Waals surface area contributed by atoms with Gasteiger partial charge in [0.15, 0.2) is 0 Å². The molecule has 0 heterocycles. The van der Waals surface area contributed by atoms with Gasteiger partial charge in [-0.15, -0.1) is 5.41 Å². The van der Waals surface area contributed by atoms with Crippen molar-refractivity contribution in [1.82, 2.24) is 0 Å². The van der Waals surface area contributed by atoms with Crippen molar-refractivity contribution in [2.75, 3.05) is 0 Å². The average molecular weight is 226 g/mol. The number of benzene rings is 2. The Kier molecular flexibility index (Phi) is 2.53. The third-order valence-electron chi connectivity index (χ3n) is 4.70. The molecule has 0 aromatic heterocycles. The van der Waals surface area contributed by atoms with Crippen LogP contribution in [0.1, 0.15) is 24.5 Å². The van der Waals surface area contributed by atoms with E-state index in [1.54, 1.807) is 5.92 Å². The predicted molar refractivity (Wildman–Crippen MR) is 69.6 cm³/mol. The van der Waals surface area contributed by atoms with Gasteiger partial charge in [-0.3, -0.25) is 0 Å². The van der Waals surface area contributed by atoms with Crippen LogP contribution in [0.5, 0.6) is 0 Å².